The van der Waals surface area contributed by atoms with Gasteiger partial charge in [-0.25, -0.2) is 13.6 Å². The van der Waals surface area contributed by atoms with Crippen LogP contribution in [0.1, 0.15) is 10.4 Å². The van der Waals surface area contributed by atoms with Gasteiger partial charge < -0.3 is 14.8 Å². The highest BCUT2D eigenvalue weighted by molar-refractivity contribution is 6.58. The standard InChI is InChI=1S/C8H7BF2O4/c1-15-8(12)4-2-5(10)7(9(13)14)6(11)3-4/h2-3,13-14H,1H3. The van der Waals surface area contributed by atoms with Crippen molar-refractivity contribution in [1.82, 2.24) is 0 Å². The first-order chi connectivity index (χ1) is 6.97. The Morgan fingerprint density at radius 2 is 1.80 bits per heavy atom. The van der Waals surface area contributed by atoms with E-state index in [0.29, 0.717) is 12.1 Å². The summed E-state index contributed by atoms with van der Waals surface area (Å²) in [4.78, 5) is 10.9. The summed E-state index contributed by atoms with van der Waals surface area (Å²) in [7, 11) is -1.20. The van der Waals surface area contributed by atoms with Gasteiger partial charge in [-0.15, -0.1) is 0 Å². The maximum Gasteiger partial charge on any atom is 0.494 e. The van der Waals surface area contributed by atoms with Gasteiger partial charge in [0.1, 0.15) is 11.6 Å². The lowest BCUT2D eigenvalue weighted by Crippen LogP contribution is -2.36. The number of benzene rings is 1. The Balaban J connectivity index is 3.25. The average Bonchev–Trinajstić information content (AvgIpc) is 2.14. The quantitative estimate of drug-likeness (QED) is 0.513. The Morgan fingerprint density at radius 1 is 1.33 bits per heavy atom. The lowest BCUT2D eigenvalue weighted by Gasteiger charge is -2.05. The molecule has 15 heavy (non-hydrogen) atoms. The number of rotatable bonds is 2. The molecule has 0 atom stereocenters. The Bertz CT molecular complexity index is 371. The zero-order chi connectivity index (χ0) is 11.6. The summed E-state index contributed by atoms with van der Waals surface area (Å²) in [6.07, 6.45) is 0. The molecule has 0 bridgehead atoms. The summed E-state index contributed by atoms with van der Waals surface area (Å²) in [5, 5.41) is 17.3. The van der Waals surface area contributed by atoms with E-state index in [1.165, 1.54) is 0 Å². The topological polar surface area (TPSA) is 66.8 Å². The molecule has 0 aliphatic heterocycles. The van der Waals surface area contributed by atoms with Gasteiger partial charge in [-0.2, -0.15) is 0 Å². The second-order valence-electron chi connectivity index (χ2n) is 2.72. The van der Waals surface area contributed by atoms with Crippen LogP contribution >= 0.6 is 0 Å². The van der Waals surface area contributed by atoms with Crippen LogP contribution in [0, 0.1) is 11.6 Å². The van der Waals surface area contributed by atoms with E-state index in [-0.39, 0.29) is 5.56 Å². The van der Waals surface area contributed by atoms with Gasteiger partial charge in [-0.05, 0) is 12.1 Å². The minimum atomic E-state index is -2.27. The molecular formula is C8H7BF2O4. The van der Waals surface area contributed by atoms with Crippen molar-refractivity contribution >= 4 is 18.6 Å². The third kappa shape index (κ3) is 2.31. The molecule has 2 N–H and O–H groups in total. The summed E-state index contributed by atoms with van der Waals surface area (Å²) < 4.78 is 30.4. The molecule has 0 saturated heterocycles. The SMILES string of the molecule is COC(=O)c1cc(F)c(B(O)O)c(F)c1. The van der Waals surface area contributed by atoms with Crippen LogP contribution in [0.15, 0.2) is 12.1 Å². The highest BCUT2D eigenvalue weighted by Crippen LogP contribution is 2.07. The van der Waals surface area contributed by atoms with Gasteiger partial charge in [0.15, 0.2) is 0 Å². The molecule has 0 fully saturated rings. The van der Waals surface area contributed by atoms with Gasteiger partial charge in [0.05, 0.1) is 18.1 Å². The molecular weight excluding hydrogens is 209 g/mol. The van der Waals surface area contributed by atoms with Gasteiger partial charge in [0.25, 0.3) is 0 Å². The fourth-order valence-electron chi connectivity index (χ4n) is 1.07. The Labute approximate surface area is 84.2 Å². The van der Waals surface area contributed by atoms with Gasteiger partial charge in [0, 0.05) is 0 Å². The first-order valence-corrected chi connectivity index (χ1v) is 3.90. The van der Waals surface area contributed by atoms with E-state index < -0.39 is 30.2 Å². The molecule has 1 aromatic rings. The van der Waals surface area contributed by atoms with Gasteiger partial charge in [0.2, 0.25) is 0 Å². The molecule has 0 aliphatic carbocycles. The molecule has 0 unspecified atom stereocenters. The highest BCUT2D eigenvalue weighted by atomic mass is 19.1. The third-order valence-electron chi connectivity index (χ3n) is 1.76. The second kappa shape index (κ2) is 4.37. The molecule has 1 rings (SSSR count). The number of methoxy groups -OCH3 is 1. The number of ether oxygens (including phenoxy) is 1. The van der Waals surface area contributed by atoms with Crippen molar-refractivity contribution in [2.75, 3.05) is 7.11 Å². The van der Waals surface area contributed by atoms with Gasteiger partial charge >= 0.3 is 13.1 Å². The highest BCUT2D eigenvalue weighted by Gasteiger charge is 2.24. The van der Waals surface area contributed by atoms with Crippen LogP contribution in [0.2, 0.25) is 0 Å². The maximum atomic E-state index is 13.1. The molecule has 0 radical (unpaired) electrons. The number of esters is 1. The van der Waals surface area contributed by atoms with Crippen molar-refractivity contribution in [2.45, 2.75) is 0 Å². The van der Waals surface area contributed by atoms with Crippen LogP contribution in [0.3, 0.4) is 0 Å². The monoisotopic (exact) mass is 216 g/mol. The molecule has 7 heteroatoms. The van der Waals surface area contributed by atoms with E-state index in [0.717, 1.165) is 7.11 Å². The fourth-order valence-corrected chi connectivity index (χ4v) is 1.07. The fraction of sp³-hybridized carbons (Fsp3) is 0.125. The molecule has 80 valence electrons. The van der Waals surface area contributed by atoms with Crippen LogP contribution < -0.4 is 5.46 Å². The lowest BCUT2D eigenvalue weighted by atomic mass is 9.79. The Morgan fingerprint density at radius 3 is 2.13 bits per heavy atom. The molecule has 0 heterocycles. The van der Waals surface area contributed by atoms with Crippen molar-refractivity contribution in [3.05, 3.63) is 29.3 Å². The van der Waals surface area contributed by atoms with Crippen LogP contribution in [0.5, 0.6) is 0 Å². The first kappa shape index (κ1) is 11.6. The number of hydrogen-bond donors (Lipinski definition) is 2. The minimum absolute atomic E-state index is 0.336. The number of carbonyl (C=O) groups excluding carboxylic acids is 1. The number of carbonyl (C=O) groups is 1. The molecule has 0 spiro atoms. The van der Waals surface area contributed by atoms with E-state index >= 15 is 0 Å². The summed E-state index contributed by atoms with van der Waals surface area (Å²) in [6, 6.07) is 1.34. The first-order valence-electron chi connectivity index (χ1n) is 3.90. The van der Waals surface area contributed by atoms with Crippen molar-refractivity contribution in [3.63, 3.8) is 0 Å². The molecule has 0 saturated carbocycles. The lowest BCUT2D eigenvalue weighted by molar-refractivity contribution is 0.0599. The summed E-state index contributed by atoms with van der Waals surface area (Å²) in [5.41, 5.74) is -1.24. The largest absolute Gasteiger partial charge is 0.494 e. The van der Waals surface area contributed by atoms with E-state index in [4.69, 9.17) is 10.0 Å². The predicted octanol–water partition coefficient (Wildman–Crippen LogP) is -0.569. The van der Waals surface area contributed by atoms with Crippen LogP contribution in [-0.2, 0) is 4.74 Å². The van der Waals surface area contributed by atoms with E-state index in [1.54, 1.807) is 0 Å². The number of halogens is 2. The van der Waals surface area contributed by atoms with Gasteiger partial charge in [-0.3, -0.25) is 0 Å². The maximum absolute atomic E-state index is 13.1. The predicted molar refractivity (Wildman–Crippen MR) is 47.5 cm³/mol. The van der Waals surface area contributed by atoms with E-state index in [2.05, 4.69) is 4.74 Å². The van der Waals surface area contributed by atoms with Crippen molar-refractivity contribution in [2.24, 2.45) is 0 Å². The normalized spacial score (nSPS) is 9.93. The summed E-state index contributed by atoms with van der Waals surface area (Å²) in [6.45, 7) is 0. The molecule has 4 nitrogen and oxygen atoms in total. The van der Waals surface area contributed by atoms with Crippen LogP contribution in [0.25, 0.3) is 0 Å². The summed E-state index contributed by atoms with van der Waals surface area (Å²) >= 11 is 0. The zero-order valence-electron chi connectivity index (χ0n) is 7.70. The second-order valence-corrected chi connectivity index (χ2v) is 2.72. The Kier molecular flexibility index (Phi) is 3.38. The minimum Gasteiger partial charge on any atom is -0.465 e. The smallest absolute Gasteiger partial charge is 0.465 e. The zero-order valence-corrected chi connectivity index (χ0v) is 7.70. The molecule has 0 amide bonds. The number of hydrogen-bond acceptors (Lipinski definition) is 4. The van der Waals surface area contributed by atoms with E-state index in [9.17, 15) is 13.6 Å². The van der Waals surface area contributed by atoms with E-state index in [1.807, 2.05) is 0 Å². The summed E-state index contributed by atoms with van der Waals surface area (Å²) in [5.74, 6) is -3.34. The average molecular weight is 216 g/mol. The molecule has 0 aromatic heterocycles. The van der Waals surface area contributed by atoms with Crippen LogP contribution in [0.4, 0.5) is 8.78 Å². The third-order valence-corrected chi connectivity index (χ3v) is 1.76. The van der Waals surface area contributed by atoms with Gasteiger partial charge in [-0.1, -0.05) is 0 Å². The van der Waals surface area contributed by atoms with Crippen LogP contribution in [-0.4, -0.2) is 30.2 Å². The van der Waals surface area contributed by atoms with Crippen molar-refractivity contribution in [3.8, 4) is 0 Å². The van der Waals surface area contributed by atoms with Crippen molar-refractivity contribution in [1.29, 1.82) is 0 Å². The Hall–Kier alpha value is -1.47. The molecule has 1 aromatic carbocycles. The van der Waals surface area contributed by atoms with Crippen molar-refractivity contribution < 1.29 is 28.4 Å². The molecule has 0 aliphatic rings.